The summed E-state index contributed by atoms with van der Waals surface area (Å²) in [5.74, 6) is 0.292. The number of sulfonamides is 1. The highest BCUT2D eigenvalue weighted by molar-refractivity contribution is 7.89. The minimum atomic E-state index is -3.73. The average Bonchev–Trinajstić information content (AvgIpc) is 2.23. The van der Waals surface area contributed by atoms with Crippen molar-refractivity contribution < 1.29 is 13.2 Å². The van der Waals surface area contributed by atoms with Crippen molar-refractivity contribution in [2.24, 2.45) is 5.14 Å². The third-order valence-corrected chi connectivity index (χ3v) is 3.02. The number of rotatable bonds is 6. The van der Waals surface area contributed by atoms with Gasteiger partial charge in [0.15, 0.2) is 0 Å². The van der Waals surface area contributed by atoms with Gasteiger partial charge in [0, 0.05) is 12.6 Å². The van der Waals surface area contributed by atoms with Crippen molar-refractivity contribution in [3.05, 3.63) is 24.3 Å². The molecule has 0 saturated carbocycles. The number of primary sulfonamides is 1. The predicted octanol–water partition coefficient (Wildman–Crippen LogP) is 0.711. The van der Waals surface area contributed by atoms with Crippen LogP contribution in [0.4, 0.5) is 0 Å². The molecule has 0 amide bonds. The van der Waals surface area contributed by atoms with E-state index in [1.165, 1.54) is 6.07 Å². The molecule has 1 aromatic rings. The molecule has 96 valence electrons. The van der Waals surface area contributed by atoms with Crippen LogP contribution in [0, 0.1) is 0 Å². The quantitative estimate of drug-likeness (QED) is 0.736. The molecule has 1 rings (SSSR count). The number of ether oxygens (including phenoxy) is 1. The first-order valence-corrected chi connectivity index (χ1v) is 6.94. The van der Waals surface area contributed by atoms with Crippen LogP contribution in [0.3, 0.4) is 0 Å². The maximum atomic E-state index is 11.3. The zero-order valence-electron chi connectivity index (χ0n) is 10.0. The molecule has 0 unspecified atom stereocenters. The SMILES string of the molecule is CC(C)NCCOc1ccccc1S(N)(=O)=O. The maximum absolute atomic E-state index is 11.3. The van der Waals surface area contributed by atoms with Crippen molar-refractivity contribution in [3.63, 3.8) is 0 Å². The number of benzene rings is 1. The van der Waals surface area contributed by atoms with E-state index in [9.17, 15) is 8.42 Å². The van der Waals surface area contributed by atoms with Crippen LogP contribution < -0.4 is 15.2 Å². The van der Waals surface area contributed by atoms with E-state index in [-0.39, 0.29) is 4.90 Å². The van der Waals surface area contributed by atoms with Crippen LogP contribution in [0.15, 0.2) is 29.2 Å². The maximum Gasteiger partial charge on any atom is 0.241 e. The van der Waals surface area contributed by atoms with Crippen molar-refractivity contribution in [2.45, 2.75) is 24.8 Å². The van der Waals surface area contributed by atoms with Gasteiger partial charge in [-0.3, -0.25) is 0 Å². The summed E-state index contributed by atoms with van der Waals surface area (Å²) in [5, 5.41) is 8.25. The normalized spacial score (nSPS) is 11.8. The largest absolute Gasteiger partial charge is 0.491 e. The lowest BCUT2D eigenvalue weighted by Gasteiger charge is -2.11. The van der Waals surface area contributed by atoms with Crippen LogP contribution in [0.1, 0.15) is 13.8 Å². The number of para-hydroxylation sites is 1. The second kappa shape index (κ2) is 6.00. The number of nitrogens with two attached hydrogens (primary N) is 1. The third-order valence-electron chi connectivity index (χ3n) is 2.07. The van der Waals surface area contributed by atoms with Gasteiger partial charge in [0.1, 0.15) is 17.3 Å². The Labute approximate surface area is 102 Å². The van der Waals surface area contributed by atoms with Gasteiger partial charge in [-0.05, 0) is 12.1 Å². The zero-order valence-corrected chi connectivity index (χ0v) is 10.8. The summed E-state index contributed by atoms with van der Waals surface area (Å²) in [6.07, 6.45) is 0. The van der Waals surface area contributed by atoms with Crippen molar-refractivity contribution in [1.29, 1.82) is 0 Å². The van der Waals surface area contributed by atoms with Gasteiger partial charge in [-0.15, -0.1) is 0 Å². The molecule has 0 bridgehead atoms. The fraction of sp³-hybridized carbons (Fsp3) is 0.455. The monoisotopic (exact) mass is 258 g/mol. The molecule has 0 saturated heterocycles. The topological polar surface area (TPSA) is 81.4 Å². The van der Waals surface area contributed by atoms with E-state index in [1.54, 1.807) is 18.2 Å². The molecule has 1 aromatic carbocycles. The van der Waals surface area contributed by atoms with Gasteiger partial charge < -0.3 is 10.1 Å². The van der Waals surface area contributed by atoms with Crippen LogP contribution in [0.25, 0.3) is 0 Å². The van der Waals surface area contributed by atoms with Gasteiger partial charge in [-0.1, -0.05) is 26.0 Å². The second-order valence-electron chi connectivity index (χ2n) is 3.95. The summed E-state index contributed by atoms with van der Waals surface area (Å²) in [6, 6.07) is 6.71. The molecule has 0 aromatic heterocycles. The molecule has 0 aliphatic rings. The molecule has 5 nitrogen and oxygen atoms in total. The number of hydrogen-bond donors (Lipinski definition) is 2. The van der Waals surface area contributed by atoms with Crippen LogP contribution in [-0.2, 0) is 10.0 Å². The highest BCUT2D eigenvalue weighted by atomic mass is 32.2. The Kier molecular flexibility index (Phi) is 4.92. The molecule has 0 fully saturated rings. The standard InChI is InChI=1S/C11H18N2O3S/c1-9(2)13-7-8-16-10-5-3-4-6-11(10)17(12,14)15/h3-6,9,13H,7-8H2,1-2H3,(H2,12,14,15). The molecule has 17 heavy (non-hydrogen) atoms. The fourth-order valence-electron chi connectivity index (χ4n) is 1.31. The van der Waals surface area contributed by atoms with Gasteiger partial charge in [0.25, 0.3) is 0 Å². The number of nitrogens with one attached hydrogen (secondary N) is 1. The summed E-state index contributed by atoms with van der Waals surface area (Å²) in [7, 11) is -3.73. The summed E-state index contributed by atoms with van der Waals surface area (Å²) in [4.78, 5) is 0.0181. The van der Waals surface area contributed by atoms with E-state index in [1.807, 2.05) is 13.8 Å². The van der Waals surface area contributed by atoms with E-state index in [4.69, 9.17) is 9.88 Å². The molecule has 0 heterocycles. The molecule has 0 spiro atoms. The number of hydrogen-bond acceptors (Lipinski definition) is 4. The molecule has 0 aliphatic carbocycles. The predicted molar refractivity (Wildman–Crippen MR) is 66.4 cm³/mol. The Bertz CT molecular complexity index is 458. The molecule has 3 N–H and O–H groups in total. The minimum Gasteiger partial charge on any atom is -0.491 e. The second-order valence-corrected chi connectivity index (χ2v) is 5.48. The first kappa shape index (κ1) is 14.0. The van der Waals surface area contributed by atoms with Crippen LogP contribution >= 0.6 is 0 Å². The highest BCUT2D eigenvalue weighted by Crippen LogP contribution is 2.21. The summed E-state index contributed by atoms with van der Waals surface area (Å²) < 4.78 is 27.9. The molecule has 0 atom stereocenters. The van der Waals surface area contributed by atoms with Crippen LogP contribution in [-0.4, -0.2) is 27.6 Å². The van der Waals surface area contributed by atoms with Gasteiger partial charge >= 0.3 is 0 Å². The lowest BCUT2D eigenvalue weighted by molar-refractivity contribution is 0.301. The summed E-state index contributed by atoms with van der Waals surface area (Å²) in [5.41, 5.74) is 0. The highest BCUT2D eigenvalue weighted by Gasteiger charge is 2.13. The van der Waals surface area contributed by atoms with Crippen molar-refractivity contribution in [2.75, 3.05) is 13.2 Å². The Balaban J connectivity index is 2.65. The van der Waals surface area contributed by atoms with Crippen LogP contribution in [0.5, 0.6) is 5.75 Å². The van der Waals surface area contributed by atoms with Crippen LogP contribution in [0.2, 0.25) is 0 Å². The van der Waals surface area contributed by atoms with Gasteiger partial charge in [0.05, 0.1) is 0 Å². The molecule has 0 radical (unpaired) electrons. The molecule has 6 heteroatoms. The Morgan fingerprint density at radius 1 is 1.35 bits per heavy atom. The Morgan fingerprint density at radius 2 is 2.00 bits per heavy atom. The van der Waals surface area contributed by atoms with E-state index >= 15 is 0 Å². The summed E-state index contributed by atoms with van der Waals surface area (Å²) in [6.45, 7) is 5.10. The zero-order chi connectivity index (χ0) is 12.9. The van der Waals surface area contributed by atoms with Crippen molar-refractivity contribution in [1.82, 2.24) is 5.32 Å². The lowest BCUT2D eigenvalue weighted by atomic mass is 10.3. The Hall–Kier alpha value is -1.11. The summed E-state index contributed by atoms with van der Waals surface area (Å²) >= 11 is 0. The smallest absolute Gasteiger partial charge is 0.241 e. The Morgan fingerprint density at radius 3 is 2.59 bits per heavy atom. The fourth-order valence-corrected chi connectivity index (χ4v) is 1.99. The van der Waals surface area contributed by atoms with E-state index in [0.717, 1.165) is 0 Å². The van der Waals surface area contributed by atoms with E-state index in [0.29, 0.717) is 24.9 Å². The molecular weight excluding hydrogens is 240 g/mol. The molecular formula is C11H18N2O3S. The first-order chi connectivity index (χ1) is 7.91. The van der Waals surface area contributed by atoms with E-state index < -0.39 is 10.0 Å². The van der Waals surface area contributed by atoms with Gasteiger partial charge in [-0.25, -0.2) is 13.6 Å². The average molecular weight is 258 g/mol. The van der Waals surface area contributed by atoms with Gasteiger partial charge in [-0.2, -0.15) is 0 Å². The van der Waals surface area contributed by atoms with Crippen molar-refractivity contribution >= 4 is 10.0 Å². The molecule has 0 aliphatic heterocycles. The van der Waals surface area contributed by atoms with Crippen molar-refractivity contribution in [3.8, 4) is 5.75 Å². The third kappa shape index (κ3) is 4.72. The van der Waals surface area contributed by atoms with Gasteiger partial charge in [0.2, 0.25) is 10.0 Å². The first-order valence-electron chi connectivity index (χ1n) is 5.39. The minimum absolute atomic E-state index is 0.0181. The lowest BCUT2D eigenvalue weighted by Crippen LogP contribution is -2.27. The van der Waals surface area contributed by atoms with E-state index in [2.05, 4.69) is 5.32 Å².